The summed E-state index contributed by atoms with van der Waals surface area (Å²) in [6.07, 6.45) is 0.120. The standard InChI is InChI=1S/C13H15F3O/c1-13(2)4-3-7-8(14)5-9(15)12(16)11(7)10(17)6-13/h5,10,17H,3-4,6H2,1-2H3. The normalized spacial score (nSPS) is 23.1. The number of halogens is 3. The minimum absolute atomic E-state index is 0.113. The maximum Gasteiger partial charge on any atom is 0.165 e. The monoisotopic (exact) mass is 244 g/mol. The van der Waals surface area contributed by atoms with Crippen molar-refractivity contribution in [1.82, 2.24) is 0 Å². The van der Waals surface area contributed by atoms with Gasteiger partial charge in [0.25, 0.3) is 0 Å². The van der Waals surface area contributed by atoms with Crippen LogP contribution in [0.2, 0.25) is 0 Å². The smallest absolute Gasteiger partial charge is 0.165 e. The number of rotatable bonds is 0. The molecule has 0 aromatic heterocycles. The molecule has 94 valence electrons. The van der Waals surface area contributed by atoms with E-state index in [0.29, 0.717) is 25.3 Å². The second kappa shape index (κ2) is 4.02. The van der Waals surface area contributed by atoms with Gasteiger partial charge in [0, 0.05) is 11.6 Å². The zero-order chi connectivity index (χ0) is 12.8. The van der Waals surface area contributed by atoms with E-state index < -0.39 is 23.6 Å². The second-order valence-corrected chi connectivity index (χ2v) is 5.43. The van der Waals surface area contributed by atoms with Crippen LogP contribution in [0, 0.1) is 22.9 Å². The summed E-state index contributed by atoms with van der Waals surface area (Å²) in [5.41, 5.74) is -0.302. The zero-order valence-electron chi connectivity index (χ0n) is 9.86. The maximum atomic E-state index is 13.6. The van der Waals surface area contributed by atoms with Gasteiger partial charge in [-0.1, -0.05) is 13.8 Å². The lowest BCUT2D eigenvalue weighted by atomic mass is 9.84. The third kappa shape index (κ3) is 2.18. The van der Waals surface area contributed by atoms with E-state index in [2.05, 4.69) is 0 Å². The van der Waals surface area contributed by atoms with Crippen molar-refractivity contribution >= 4 is 0 Å². The quantitative estimate of drug-likeness (QED) is 0.547. The lowest BCUT2D eigenvalue weighted by Gasteiger charge is -2.24. The van der Waals surface area contributed by atoms with Gasteiger partial charge in [0.1, 0.15) is 5.82 Å². The van der Waals surface area contributed by atoms with E-state index in [1.54, 1.807) is 0 Å². The Labute approximate surface area is 98.3 Å². The zero-order valence-corrected chi connectivity index (χ0v) is 9.86. The third-order valence-electron chi connectivity index (χ3n) is 3.44. The molecule has 4 heteroatoms. The van der Waals surface area contributed by atoms with Gasteiger partial charge in [-0.25, -0.2) is 13.2 Å². The molecule has 17 heavy (non-hydrogen) atoms. The highest BCUT2D eigenvalue weighted by molar-refractivity contribution is 5.34. The molecule has 1 aromatic rings. The molecular formula is C13H15F3O. The summed E-state index contributed by atoms with van der Waals surface area (Å²) in [4.78, 5) is 0. The van der Waals surface area contributed by atoms with Crippen molar-refractivity contribution in [3.05, 3.63) is 34.6 Å². The SMILES string of the molecule is CC1(C)CCc2c(F)cc(F)c(F)c2C(O)C1. The Morgan fingerprint density at radius 3 is 2.53 bits per heavy atom. The summed E-state index contributed by atoms with van der Waals surface area (Å²) in [5.74, 6) is -3.12. The molecule has 0 saturated heterocycles. The summed E-state index contributed by atoms with van der Waals surface area (Å²) in [7, 11) is 0. The van der Waals surface area contributed by atoms with Gasteiger partial charge < -0.3 is 5.11 Å². The van der Waals surface area contributed by atoms with Gasteiger partial charge in [0.05, 0.1) is 6.10 Å². The molecule has 1 nitrogen and oxygen atoms in total. The first-order valence-electron chi connectivity index (χ1n) is 5.66. The first-order chi connectivity index (χ1) is 7.82. The van der Waals surface area contributed by atoms with Gasteiger partial charge >= 0.3 is 0 Å². The van der Waals surface area contributed by atoms with Crippen LogP contribution in [0.1, 0.15) is 43.9 Å². The van der Waals surface area contributed by atoms with Gasteiger partial charge in [-0.2, -0.15) is 0 Å². The first kappa shape index (κ1) is 12.4. The van der Waals surface area contributed by atoms with Crippen molar-refractivity contribution in [2.75, 3.05) is 0 Å². The fraction of sp³-hybridized carbons (Fsp3) is 0.538. The molecule has 0 bridgehead atoms. The summed E-state index contributed by atoms with van der Waals surface area (Å²) >= 11 is 0. The lowest BCUT2D eigenvalue weighted by Crippen LogP contribution is -2.14. The Balaban J connectivity index is 2.59. The summed E-state index contributed by atoms with van der Waals surface area (Å²) in [5, 5.41) is 9.93. The minimum Gasteiger partial charge on any atom is -0.388 e. The molecule has 0 saturated carbocycles. The molecule has 1 N–H and O–H groups in total. The van der Waals surface area contributed by atoms with E-state index in [-0.39, 0.29) is 16.5 Å². The molecular weight excluding hydrogens is 229 g/mol. The number of fused-ring (bicyclic) bond motifs is 1. The van der Waals surface area contributed by atoms with Crippen LogP contribution in [0.25, 0.3) is 0 Å². The Hall–Kier alpha value is -1.03. The Morgan fingerprint density at radius 2 is 1.88 bits per heavy atom. The number of benzene rings is 1. The molecule has 0 fully saturated rings. The highest BCUT2D eigenvalue weighted by atomic mass is 19.2. The average Bonchev–Trinajstić information content (AvgIpc) is 2.31. The van der Waals surface area contributed by atoms with Gasteiger partial charge in [-0.05, 0) is 30.2 Å². The van der Waals surface area contributed by atoms with Crippen LogP contribution in [-0.4, -0.2) is 5.11 Å². The van der Waals surface area contributed by atoms with Gasteiger partial charge in [-0.15, -0.1) is 0 Å². The Morgan fingerprint density at radius 1 is 1.24 bits per heavy atom. The molecule has 0 heterocycles. The van der Waals surface area contributed by atoms with Crippen LogP contribution in [0.15, 0.2) is 6.07 Å². The molecule has 1 aromatic carbocycles. The fourth-order valence-electron chi connectivity index (χ4n) is 2.44. The van der Waals surface area contributed by atoms with Gasteiger partial charge in [0.15, 0.2) is 11.6 Å². The van der Waals surface area contributed by atoms with Crippen molar-refractivity contribution in [1.29, 1.82) is 0 Å². The van der Waals surface area contributed by atoms with Gasteiger partial charge in [-0.3, -0.25) is 0 Å². The minimum atomic E-state index is -1.24. The predicted octanol–water partition coefficient (Wildman–Crippen LogP) is 3.50. The van der Waals surface area contributed by atoms with E-state index in [9.17, 15) is 18.3 Å². The molecule has 0 spiro atoms. The van der Waals surface area contributed by atoms with Crippen molar-refractivity contribution < 1.29 is 18.3 Å². The van der Waals surface area contributed by atoms with E-state index in [0.717, 1.165) is 0 Å². The van der Waals surface area contributed by atoms with Crippen molar-refractivity contribution in [3.8, 4) is 0 Å². The first-order valence-corrected chi connectivity index (χ1v) is 5.66. The Bertz CT molecular complexity index is 454. The highest BCUT2D eigenvalue weighted by Crippen LogP contribution is 2.41. The number of hydrogen-bond donors (Lipinski definition) is 1. The molecule has 1 aliphatic rings. The molecule has 1 atom stereocenters. The predicted molar refractivity (Wildman–Crippen MR) is 58.0 cm³/mol. The largest absolute Gasteiger partial charge is 0.388 e. The lowest BCUT2D eigenvalue weighted by molar-refractivity contribution is 0.113. The van der Waals surface area contributed by atoms with Crippen molar-refractivity contribution in [2.24, 2.45) is 5.41 Å². The van der Waals surface area contributed by atoms with Crippen molar-refractivity contribution in [3.63, 3.8) is 0 Å². The van der Waals surface area contributed by atoms with E-state index in [4.69, 9.17) is 0 Å². The average molecular weight is 244 g/mol. The molecule has 2 rings (SSSR count). The van der Waals surface area contributed by atoms with Crippen LogP contribution in [0.5, 0.6) is 0 Å². The molecule has 0 radical (unpaired) electrons. The summed E-state index contributed by atoms with van der Waals surface area (Å²) in [6.45, 7) is 3.85. The van der Waals surface area contributed by atoms with E-state index >= 15 is 0 Å². The molecule has 1 unspecified atom stereocenters. The molecule has 0 aliphatic heterocycles. The fourth-order valence-corrected chi connectivity index (χ4v) is 2.44. The molecule has 0 amide bonds. The number of aliphatic hydroxyl groups is 1. The summed E-state index contributed by atoms with van der Waals surface area (Å²) < 4.78 is 40.4. The summed E-state index contributed by atoms with van der Waals surface area (Å²) in [6, 6.07) is 0.555. The van der Waals surface area contributed by atoms with Crippen molar-refractivity contribution in [2.45, 2.75) is 39.2 Å². The topological polar surface area (TPSA) is 20.2 Å². The van der Waals surface area contributed by atoms with Crippen LogP contribution in [0.3, 0.4) is 0 Å². The van der Waals surface area contributed by atoms with Crippen LogP contribution >= 0.6 is 0 Å². The van der Waals surface area contributed by atoms with Gasteiger partial charge in [0.2, 0.25) is 0 Å². The highest BCUT2D eigenvalue weighted by Gasteiger charge is 2.33. The van der Waals surface area contributed by atoms with Crippen LogP contribution in [-0.2, 0) is 6.42 Å². The van der Waals surface area contributed by atoms with E-state index in [1.165, 1.54) is 0 Å². The van der Waals surface area contributed by atoms with E-state index in [1.807, 2.05) is 13.8 Å². The third-order valence-corrected chi connectivity index (χ3v) is 3.44. The van der Waals surface area contributed by atoms with Crippen LogP contribution < -0.4 is 0 Å². The maximum absolute atomic E-state index is 13.6. The second-order valence-electron chi connectivity index (χ2n) is 5.43. The van der Waals surface area contributed by atoms with Crippen LogP contribution in [0.4, 0.5) is 13.2 Å². The number of aliphatic hydroxyl groups excluding tert-OH is 1. The molecule has 1 aliphatic carbocycles. The Kier molecular flexibility index (Phi) is 2.94. The number of hydrogen-bond acceptors (Lipinski definition) is 1.